The normalized spacial score (nSPS) is 10.9. The quantitative estimate of drug-likeness (QED) is 0.285. The lowest BCUT2D eigenvalue weighted by molar-refractivity contribution is -0.113. The highest BCUT2D eigenvalue weighted by atomic mass is 35.5. The second kappa shape index (κ2) is 10.4. The molecule has 1 N–H and O–H groups in total. The lowest BCUT2D eigenvalue weighted by Gasteiger charge is -2.11. The number of ether oxygens (including phenoxy) is 1. The molecule has 0 aliphatic heterocycles. The van der Waals surface area contributed by atoms with Gasteiger partial charge in [-0.05, 0) is 37.6 Å². The monoisotopic (exact) mass is 498 g/mol. The summed E-state index contributed by atoms with van der Waals surface area (Å²) in [6, 6.07) is 15.4. The lowest BCUT2D eigenvalue weighted by Crippen LogP contribution is -2.15. The third-order valence-corrected chi connectivity index (χ3v) is 7.19. The van der Waals surface area contributed by atoms with E-state index in [2.05, 4.69) is 46.9 Å². The Morgan fingerprint density at radius 2 is 2.00 bits per heavy atom. The predicted molar refractivity (Wildman–Crippen MR) is 137 cm³/mol. The van der Waals surface area contributed by atoms with Crippen LogP contribution in [0.4, 0.5) is 5.69 Å². The second-order valence-corrected chi connectivity index (χ2v) is 9.64. The van der Waals surface area contributed by atoms with Crippen LogP contribution in [0.2, 0.25) is 5.02 Å². The van der Waals surface area contributed by atoms with Crippen molar-refractivity contribution in [3.63, 3.8) is 0 Å². The first-order valence-electron chi connectivity index (χ1n) is 10.3. The molecule has 0 atom stereocenters. The summed E-state index contributed by atoms with van der Waals surface area (Å²) in [5.74, 6) is 1.37. The number of carbonyl (C=O) groups is 1. The molecule has 33 heavy (non-hydrogen) atoms. The molecular weight excluding hydrogens is 476 g/mol. The standard InChI is InChI=1S/C24H23ClN4O2S2/c1-4-29-23(18-13-32-15(2)22(18)16-8-6-5-7-9-16)27-28-24(29)33-14-21(30)26-19-12-17(25)10-11-20(19)31-3/h5-13H,4,14H2,1-3H3,(H,26,30). The molecule has 0 fully saturated rings. The molecule has 170 valence electrons. The number of benzene rings is 2. The average Bonchev–Trinajstić information content (AvgIpc) is 3.41. The number of nitrogens with zero attached hydrogens (tertiary/aromatic N) is 3. The molecule has 2 heterocycles. The molecule has 0 aliphatic carbocycles. The number of hydrogen-bond acceptors (Lipinski definition) is 6. The van der Waals surface area contributed by atoms with E-state index in [1.807, 2.05) is 22.8 Å². The molecule has 0 radical (unpaired) electrons. The molecule has 0 spiro atoms. The van der Waals surface area contributed by atoms with Gasteiger partial charge in [-0.2, -0.15) is 0 Å². The Hall–Kier alpha value is -2.81. The predicted octanol–water partition coefficient (Wildman–Crippen LogP) is 6.39. The molecule has 2 aromatic carbocycles. The van der Waals surface area contributed by atoms with Crippen molar-refractivity contribution in [3.05, 3.63) is 63.8 Å². The minimum atomic E-state index is -0.177. The number of halogens is 1. The number of aromatic nitrogens is 3. The Balaban J connectivity index is 1.54. The van der Waals surface area contributed by atoms with Gasteiger partial charge < -0.3 is 14.6 Å². The smallest absolute Gasteiger partial charge is 0.234 e. The zero-order chi connectivity index (χ0) is 23.4. The van der Waals surface area contributed by atoms with Crippen molar-refractivity contribution < 1.29 is 9.53 Å². The van der Waals surface area contributed by atoms with Gasteiger partial charge in [-0.1, -0.05) is 53.7 Å². The van der Waals surface area contributed by atoms with Crippen LogP contribution in [-0.4, -0.2) is 33.5 Å². The van der Waals surface area contributed by atoms with Gasteiger partial charge in [-0.3, -0.25) is 4.79 Å². The van der Waals surface area contributed by atoms with Gasteiger partial charge in [-0.15, -0.1) is 21.5 Å². The molecule has 6 nitrogen and oxygen atoms in total. The summed E-state index contributed by atoms with van der Waals surface area (Å²) in [5, 5.41) is 15.1. The van der Waals surface area contributed by atoms with Crippen LogP contribution in [0, 0.1) is 6.92 Å². The maximum Gasteiger partial charge on any atom is 0.234 e. The highest BCUT2D eigenvalue weighted by Crippen LogP contribution is 2.39. The van der Waals surface area contributed by atoms with Crippen LogP contribution in [-0.2, 0) is 11.3 Å². The number of thioether (sulfide) groups is 1. The number of nitrogens with one attached hydrogen (secondary N) is 1. The number of methoxy groups -OCH3 is 1. The van der Waals surface area contributed by atoms with Crippen LogP contribution in [0.3, 0.4) is 0 Å². The molecule has 4 aromatic rings. The van der Waals surface area contributed by atoms with Gasteiger partial charge in [0.25, 0.3) is 0 Å². The maximum absolute atomic E-state index is 12.6. The van der Waals surface area contributed by atoms with E-state index in [1.165, 1.54) is 22.2 Å². The van der Waals surface area contributed by atoms with Gasteiger partial charge in [0, 0.05) is 33.0 Å². The van der Waals surface area contributed by atoms with E-state index in [-0.39, 0.29) is 11.7 Å². The summed E-state index contributed by atoms with van der Waals surface area (Å²) < 4.78 is 7.34. The number of thiophene rings is 1. The van der Waals surface area contributed by atoms with E-state index in [4.69, 9.17) is 16.3 Å². The van der Waals surface area contributed by atoms with Crippen LogP contribution in [0.1, 0.15) is 11.8 Å². The molecular formula is C24H23ClN4O2S2. The summed E-state index contributed by atoms with van der Waals surface area (Å²) in [6.45, 7) is 4.86. The largest absolute Gasteiger partial charge is 0.495 e. The van der Waals surface area contributed by atoms with Crippen molar-refractivity contribution in [2.75, 3.05) is 18.2 Å². The topological polar surface area (TPSA) is 69.0 Å². The number of aryl methyl sites for hydroxylation is 1. The third kappa shape index (κ3) is 5.08. The van der Waals surface area contributed by atoms with E-state index in [9.17, 15) is 4.79 Å². The van der Waals surface area contributed by atoms with Crippen molar-refractivity contribution >= 4 is 46.3 Å². The molecule has 0 saturated heterocycles. The molecule has 0 saturated carbocycles. The molecule has 9 heteroatoms. The summed E-state index contributed by atoms with van der Waals surface area (Å²) in [4.78, 5) is 13.8. The number of anilines is 1. The van der Waals surface area contributed by atoms with Gasteiger partial charge in [0.2, 0.25) is 5.91 Å². The molecule has 2 aromatic heterocycles. The van der Waals surface area contributed by atoms with Crippen molar-refractivity contribution in [2.45, 2.75) is 25.5 Å². The van der Waals surface area contributed by atoms with E-state index < -0.39 is 0 Å². The SMILES string of the molecule is CCn1c(SCC(=O)Nc2cc(Cl)ccc2OC)nnc1-c1csc(C)c1-c1ccccc1. The fraction of sp³-hybridized carbons (Fsp3) is 0.208. The van der Waals surface area contributed by atoms with Crippen molar-refractivity contribution in [1.82, 2.24) is 14.8 Å². The van der Waals surface area contributed by atoms with Gasteiger partial charge in [0.15, 0.2) is 11.0 Å². The Bertz CT molecular complexity index is 1270. The Morgan fingerprint density at radius 1 is 1.21 bits per heavy atom. The number of rotatable bonds is 8. The molecule has 0 unspecified atom stereocenters. The number of amides is 1. The van der Waals surface area contributed by atoms with Crippen molar-refractivity contribution in [1.29, 1.82) is 0 Å². The number of hydrogen-bond donors (Lipinski definition) is 1. The minimum Gasteiger partial charge on any atom is -0.495 e. The van der Waals surface area contributed by atoms with Gasteiger partial charge in [0.05, 0.1) is 18.6 Å². The molecule has 1 amide bonds. The van der Waals surface area contributed by atoms with E-state index in [0.29, 0.717) is 28.2 Å². The Morgan fingerprint density at radius 3 is 2.73 bits per heavy atom. The average molecular weight is 499 g/mol. The first kappa shape index (κ1) is 23.4. The van der Waals surface area contributed by atoms with Crippen molar-refractivity contribution in [2.24, 2.45) is 0 Å². The van der Waals surface area contributed by atoms with E-state index >= 15 is 0 Å². The summed E-state index contributed by atoms with van der Waals surface area (Å²) >= 11 is 9.10. The lowest BCUT2D eigenvalue weighted by atomic mass is 10.0. The summed E-state index contributed by atoms with van der Waals surface area (Å²) in [7, 11) is 1.55. The fourth-order valence-corrected chi connectivity index (χ4v) is 5.39. The minimum absolute atomic E-state index is 0.177. The highest BCUT2D eigenvalue weighted by molar-refractivity contribution is 7.99. The van der Waals surface area contributed by atoms with Crippen LogP contribution in [0.15, 0.2) is 59.1 Å². The molecule has 0 aliphatic rings. The molecule has 4 rings (SSSR count). The third-order valence-electron chi connectivity index (χ3n) is 5.08. The van der Waals surface area contributed by atoms with Crippen LogP contribution in [0.25, 0.3) is 22.5 Å². The second-order valence-electron chi connectivity index (χ2n) is 7.18. The van der Waals surface area contributed by atoms with Crippen molar-refractivity contribution in [3.8, 4) is 28.3 Å². The first-order valence-corrected chi connectivity index (χ1v) is 12.6. The molecule has 0 bridgehead atoms. The van der Waals surface area contributed by atoms with Gasteiger partial charge >= 0.3 is 0 Å². The fourth-order valence-electron chi connectivity index (χ4n) is 3.56. The van der Waals surface area contributed by atoms with Gasteiger partial charge in [0.1, 0.15) is 5.75 Å². The van der Waals surface area contributed by atoms with Gasteiger partial charge in [-0.25, -0.2) is 0 Å². The highest BCUT2D eigenvalue weighted by Gasteiger charge is 2.20. The van der Waals surface area contributed by atoms with Crippen LogP contribution < -0.4 is 10.1 Å². The summed E-state index contributed by atoms with van der Waals surface area (Å²) in [6.07, 6.45) is 0. The van der Waals surface area contributed by atoms with E-state index in [1.54, 1.807) is 36.6 Å². The van der Waals surface area contributed by atoms with E-state index in [0.717, 1.165) is 17.0 Å². The zero-order valence-corrected chi connectivity index (χ0v) is 20.9. The van der Waals surface area contributed by atoms with Crippen LogP contribution in [0.5, 0.6) is 5.75 Å². The Labute approximate surface area is 206 Å². The summed E-state index contributed by atoms with van der Waals surface area (Å²) in [5.41, 5.74) is 3.92. The first-order chi connectivity index (χ1) is 16.0. The zero-order valence-electron chi connectivity index (χ0n) is 18.5. The number of carbonyl (C=O) groups excluding carboxylic acids is 1. The maximum atomic E-state index is 12.6. The van der Waals surface area contributed by atoms with Crippen LogP contribution >= 0.6 is 34.7 Å². The Kier molecular flexibility index (Phi) is 7.37.